The van der Waals surface area contributed by atoms with Gasteiger partial charge in [0.05, 0.1) is 13.2 Å². The number of halogens is 2. The molecule has 0 spiro atoms. The first-order valence-corrected chi connectivity index (χ1v) is 10.6. The van der Waals surface area contributed by atoms with Crippen LogP contribution < -0.4 is 4.74 Å². The summed E-state index contributed by atoms with van der Waals surface area (Å²) in [5.41, 5.74) is 2.69. The van der Waals surface area contributed by atoms with Crippen molar-refractivity contribution in [1.29, 1.82) is 0 Å². The molecular formula is C25H24ClFN2O2. The average molecular weight is 439 g/mol. The van der Waals surface area contributed by atoms with Crippen LogP contribution in [0, 0.1) is 5.82 Å². The molecule has 0 bridgehead atoms. The lowest BCUT2D eigenvalue weighted by Gasteiger charge is -2.39. The number of ether oxygens (including phenoxy) is 1. The number of carbonyl (C=O) groups excluding carboxylic acids is 1. The summed E-state index contributed by atoms with van der Waals surface area (Å²) in [6, 6.07) is 22.7. The number of methoxy groups -OCH3 is 1. The summed E-state index contributed by atoms with van der Waals surface area (Å²) in [6.45, 7) is 2.58. The first-order chi connectivity index (χ1) is 15.1. The van der Waals surface area contributed by atoms with Crippen LogP contribution in [0.2, 0.25) is 5.02 Å². The zero-order valence-corrected chi connectivity index (χ0v) is 18.1. The van der Waals surface area contributed by atoms with Crippen molar-refractivity contribution in [1.82, 2.24) is 9.80 Å². The van der Waals surface area contributed by atoms with Crippen LogP contribution in [0.5, 0.6) is 5.75 Å². The predicted octanol–water partition coefficient (Wildman–Crippen LogP) is 5.04. The fourth-order valence-corrected chi connectivity index (χ4v) is 4.19. The summed E-state index contributed by atoms with van der Waals surface area (Å²) in [5.74, 6) is -0.558. The topological polar surface area (TPSA) is 32.8 Å². The molecule has 1 unspecified atom stereocenters. The highest BCUT2D eigenvalue weighted by atomic mass is 35.5. The van der Waals surface area contributed by atoms with E-state index in [-0.39, 0.29) is 17.7 Å². The molecule has 0 saturated carbocycles. The molecule has 4 nitrogen and oxygen atoms in total. The lowest BCUT2D eigenvalue weighted by atomic mass is 9.96. The molecule has 0 N–H and O–H groups in total. The Hall–Kier alpha value is -2.89. The van der Waals surface area contributed by atoms with E-state index < -0.39 is 5.82 Å². The molecule has 3 aromatic carbocycles. The summed E-state index contributed by atoms with van der Waals surface area (Å²) in [6.07, 6.45) is 0. The Labute approximate surface area is 186 Å². The molecule has 31 heavy (non-hydrogen) atoms. The Morgan fingerprint density at radius 2 is 1.58 bits per heavy atom. The average Bonchev–Trinajstić information content (AvgIpc) is 2.81. The molecule has 1 saturated heterocycles. The summed E-state index contributed by atoms with van der Waals surface area (Å²) in [4.78, 5) is 17.0. The number of benzene rings is 3. The minimum absolute atomic E-state index is 0.0779. The predicted molar refractivity (Wildman–Crippen MR) is 120 cm³/mol. The van der Waals surface area contributed by atoms with Crippen LogP contribution in [0.15, 0.2) is 72.8 Å². The maximum absolute atomic E-state index is 14.0. The van der Waals surface area contributed by atoms with E-state index >= 15 is 0 Å². The first kappa shape index (κ1) is 21.3. The smallest absolute Gasteiger partial charge is 0.254 e. The maximum atomic E-state index is 14.0. The molecule has 0 aliphatic carbocycles. The second-order valence-electron chi connectivity index (χ2n) is 7.54. The fourth-order valence-electron chi connectivity index (χ4n) is 4.06. The Bertz CT molecular complexity index is 1040. The Morgan fingerprint density at radius 1 is 0.935 bits per heavy atom. The van der Waals surface area contributed by atoms with E-state index in [0.29, 0.717) is 36.8 Å². The number of piperazine rings is 1. The van der Waals surface area contributed by atoms with Crippen LogP contribution in [0.1, 0.15) is 27.5 Å². The number of hydrogen-bond acceptors (Lipinski definition) is 3. The van der Waals surface area contributed by atoms with Gasteiger partial charge >= 0.3 is 0 Å². The van der Waals surface area contributed by atoms with E-state index in [4.69, 9.17) is 16.3 Å². The molecule has 1 aliphatic rings. The largest absolute Gasteiger partial charge is 0.494 e. The van der Waals surface area contributed by atoms with Crippen LogP contribution >= 0.6 is 11.6 Å². The number of carbonyl (C=O) groups is 1. The molecule has 4 rings (SSSR count). The van der Waals surface area contributed by atoms with Crippen molar-refractivity contribution in [2.45, 2.75) is 6.04 Å². The van der Waals surface area contributed by atoms with Crippen molar-refractivity contribution in [2.75, 3.05) is 33.3 Å². The summed E-state index contributed by atoms with van der Waals surface area (Å²) < 4.78 is 19.0. The van der Waals surface area contributed by atoms with Gasteiger partial charge in [0.25, 0.3) is 5.91 Å². The van der Waals surface area contributed by atoms with Crippen LogP contribution in [0.25, 0.3) is 0 Å². The lowest BCUT2D eigenvalue weighted by Crippen LogP contribution is -2.49. The molecule has 3 aromatic rings. The highest BCUT2D eigenvalue weighted by Gasteiger charge is 2.28. The summed E-state index contributed by atoms with van der Waals surface area (Å²) in [7, 11) is 1.41. The van der Waals surface area contributed by atoms with Crippen molar-refractivity contribution in [3.8, 4) is 5.75 Å². The third kappa shape index (κ3) is 4.73. The Morgan fingerprint density at radius 3 is 2.19 bits per heavy atom. The Balaban J connectivity index is 1.50. The third-order valence-corrected chi connectivity index (χ3v) is 5.92. The van der Waals surface area contributed by atoms with E-state index in [2.05, 4.69) is 29.2 Å². The zero-order valence-electron chi connectivity index (χ0n) is 17.3. The van der Waals surface area contributed by atoms with Gasteiger partial charge in [0.1, 0.15) is 0 Å². The van der Waals surface area contributed by atoms with E-state index in [0.717, 1.165) is 5.56 Å². The molecule has 160 valence electrons. The van der Waals surface area contributed by atoms with E-state index in [1.54, 1.807) is 11.0 Å². The molecule has 0 aromatic heterocycles. The monoisotopic (exact) mass is 438 g/mol. The maximum Gasteiger partial charge on any atom is 0.254 e. The molecular weight excluding hydrogens is 415 g/mol. The van der Waals surface area contributed by atoms with Gasteiger partial charge in [-0.3, -0.25) is 9.69 Å². The molecule has 0 radical (unpaired) electrons. The normalized spacial score (nSPS) is 15.5. The molecule has 1 fully saturated rings. The van der Waals surface area contributed by atoms with E-state index in [9.17, 15) is 9.18 Å². The van der Waals surface area contributed by atoms with E-state index in [1.165, 1.54) is 24.8 Å². The highest BCUT2D eigenvalue weighted by Crippen LogP contribution is 2.30. The fraction of sp³-hybridized carbons (Fsp3) is 0.240. The zero-order chi connectivity index (χ0) is 21.8. The first-order valence-electron chi connectivity index (χ1n) is 10.2. The van der Waals surface area contributed by atoms with Gasteiger partial charge in [-0.05, 0) is 41.5 Å². The SMILES string of the molecule is COc1ccc(C(=O)N2CCN(C(c3ccccc3)c3ccc(Cl)cc3)CC2)cc1F. The van der Waals surface area contributed by atoms with Crippen molar-refractivity contribution in [2.24, 2.45) is 0 Å². The quantitative estimate of drug-likeness (QED) is 0.559. The second-order valence-corrected chi connectivity index (χ2v) is 7.98. The van der Waals surface area contributed by atoms with Gasteiger partial charge < -0.3 is 9.64 Å². The van der Waals surface area contributed by atoms with Gasteiger partial charge in [0.15, 0.2) is 11.6 Å². The second kappa shape index (κ2) is 9.50. The molecule has 1 atom stereocenters. The molecule has 6 heteroatoms. The number of nitrogens with zero attached hydrogens (tertiary/aromatic N) is 2. The van der Waals surface area contributed by atoms with Crippen LogP contribution in [-0.2, 0) is 0 Å². The minimum atomic E-state index is -0.529. The van der Waals surface area contributed by atoms with Gasteiger partial charge in [0.2, 0.25) is 0 Å². The van der Waals surface area contributed by atoms with Gasteiger partial charge in [-0.25, -0.2) is 4.39 Å². The number of amides is 1. The molecule has 1 amide bonds. The lowest BCUT2D eigenvalue weighted by molar-refractivity contribution is 0.0597. The summed E-state index contributed by atoms with van der Waals surface area (Å²) >= 11 is 6.10. The van der Waals surface area contributed by atoms with Crippen LogP contribution in [0.3, 0.4) is 0 Å². The third-order valence-electron chi connectivity index (χ3n) is 5.67. The van der Waals surface area contributed by atoms with E-state index in [1.807, 2.05) is 30.3 Å². The standard InChI is InChI=1S/C25H24ClFN2O2/c1-31-23-12-9-20(17-22(23)27)25(30)29-15-13-28(14-16-29)24(18-5-3-2-4-6-18)19-7-10-21(26)11-8-19/h2-12,17,24H,13-16H2,1H3. The van der Waals surface area contributed by atoms with Crippen LogP contribution in [0.4, 0.5) is 4.39 Å². The molecule has 1 aliphatic heterocycles. The van der Waals surface area contributed by atoms with Crippen molar-refractivity contribution in [3.05, 3.63) is 100 Å². The highest BCUT2D eigenvalue weighted by molar-refractivity contribution is 6.30. The van der Waals surface area contributed by atoms with Crippen molar-refractivity contribution in [3.63, 3.8) is 0 Å². The van der Waals surface area contributed by atoms with Gasteiger partial charge in [-0.2, -0.15) is 0 Å². The number of hydrogen-bond donors (Lipinski definition) is 0. The van der Waals surface area contributed by atoms with Crippen LogP contribution in [-0.4, -0.2) is 49.0 Å². The number of rotatable bonds is 5. The van der Waals surface area contributed by atoms with Gasteiger partial charge in [0, 0.05) is 36.8 Å². The van der Waals surface area contributed by atoms with Gasteiger partial charge in [-0.15, -0.1) is 0 Å². The van der Waals surface area contributed by atoms with Gasteiger partial charge in [-0.1, -0.05) is 54.1 Å². The minimum Gasteiger partial charge on any atom is -0.494 e. The van der Waals surface area contributed by atoms with Crippen molar-refractivity contribution >= 4 is 17.5 Å². The Kier molecular flexibility index (Phi) is 6.54. The molecule has 1 heterocycles. The van der Waals surface area contributed by atoms with Crippen molar-refractivity contribution < 1.29 is 13.9 Å². The summed E-state index contributed by atoms with van der Waals surface area (Å²) in [5, 5.41) is 0.706.